The van der Waals surface area contributed by atoms with Crippen molar-refractivity contribution in [3.63, 3.8) is 0 Å². The van der Waals surface area contributed by atoms with Crippen LogP contribution in [0.15, 0.2) is 0 Å². The Morgan fingerprint density at radius 3 is 2.48 bits per heavy atom. The summed E-state index contributed by atoms with van der Waals surface area (Å²) in [6.07, 6.45) is 7.42. The third kappa shape index (κ3) is 4.96. The zero-order chi connectivity index (χ0) is 15.2. The fourth-order valence-corrected chi connectivity index (χ4v) is 3.67. The summed E-state index contributed by atoms with van der Waals surface area (Å²) in [6, 6.07) is 1.05. The number of carbonyl (C=O) groups is 1. The van der Waals surface area contributed by atoms with Crippen LogP contribution < -0.4 is 5.32 Å². The first kappa shape index (κ1) is 16.8. The third-order valence-electron chi connectivity index (χ3n) is 5.37. The minimum Gasteiger partial charge on any atom is -0.342 e. The maximum atomic E-state index is 12.5. The van der Waals surface area contributed by atoms with Crippen LogP contribution in [0.2, 0.25) is 0 Å². The largest absolute Gasteiger partial charge is 0.342 e. The molecule has 0 radical (unpaired) electrons. The maximum absolute atomic E-state index is 12.5. The van der Waals surface area contributed by atoms with Crippen LogP contribution in [0.25, 0.3) is 0 Å². The Bertz CT molecular complexity index is 320. The van der Waals surface area contributed by atoms with Gasteiger partial charge in [0.25, 0.3) is 0 Å². The molecule has 2 fully saturated rings. The topological polar surface area (TPSA) is 35.6 Å². The van der Waals surface area contributed by atoms with E-state index in [-0.39, 0.29) is 0 Å². The third-order valence-corrected chi connectivity index (χ3v) is 5.37. The van der Waals surface area contributed by atoms with Crippen LogP contribution in [-0.2, 0) is 4.79 Å². The van der Waals surface area contributed by atoms with Crippen molar-refractivity contribution in [1.29, 1.82) is 0 Å². The van der Waals surface area contributed by atoms with E-state index >= 15 is 0 Å². The van der Waals surface area contributed by atoms with Gasteiger partial charge in [0, 0.05) is 25.7 Å². The first-order chi connectivity index (χ1) is 10.1. The van der Waals surface area contributed by atoms with Gasteiger partial charge in [-0.15, -0.1) is 0 Å². The highest BCUT2D eigenvalue weighted by molar-refractivity contribution is 5.78. The van der Waals surface area contributed by atoms with Gasteiger partial charge in [0.05, 0.1) is 6.54 Å². The fraction of sp³-hybridized carbons (Fsp3) is 0.941. The lowest BCUT2D eigenvalue weighted by Gasteiger charge is -2.35. The molecule has 1 aliphatic heterocycles. The second kappa shape index (κ2) is 8.14. The zero-order valence-electron chi connectivity index (χ0n) is 14.1. The van der Waals surface area contributed by atoms with Crippen LogP contribution in [0.3, 0.4) is 0 Å². The molecule has 122 valence electrons. The van der Waals surface area contributed by atoms with E-state index in [0.29, 0.717) is 24.5 Å². The number of hydrogen-bond acceptors (Lipinski definition) is 3. The Morgan fingerprint density at radius 1 is 1.19 bits per heavy atom. The van der Waals surface area contributed by atoms with E-state index in [1.807, 2.05) is 11.9 Å². The molecule has 21 heavy (non-hydrogen) atoms. The second-order valence-electron chi connectivity index (χ2n) is 7.04. The van der Waals surface area contributed by atoms with Gasteiger partial charge in [-0.1, -0.05) is 13.8 Å². The standard InChI is InChI=1S/C17H33N3O/c1-4-20(12-15-6-5-11-18-15)13-17(21)19(3)16-9-7-14(2)8-10-16/h14-16,18H,4-13H2,1-3H3. The van der Waals surface area contributed by atoms with E-state index in [1.165, 1.54) is 38.5 Å². The minimum absolute atomic E-state index is 0.300. The smallest absolute Gasteiger partial charge is 0.236 e. The predicted molar refractivity (Wildman–Crippen MR) is 87.3 cm³/mol. The molecule has 1 aliphatic carbocycles. The molecular formula is C17H33N3O. The molecule has 1 N–H and O–H groups in total. The highest BCUT2D eigenvalue weighted by Crippen LogP contribution is 2.26. The Kier molecular flexibility index (Phi) is 6.49. The molecule has 0 spiro atoms. The molecule has 0 bridgehead atoms. The number of nitrogens with zero attached hydrogens (tertiary/aromatic N) is 2. The summed E-state index contributed by atoms with van der Waals surface area (Å²) in [4.78, 5) is 16.9. The van der Waals surface area contributed by atoms with Gasteiger partial charge >= 0.3 is 0 Å². The van der Waals surface area contributed by atoms with E-state index in [9.17, 15) is 4.79 Å². The maximum Gasteiger partial charge on any atom is 0.236 e. The molecular weight excluding hydrogens is 262 g/mol. The van der Waals surface area contributed by atoms with Crippen LogP contribution >= 0.6 is 0 Å². The molecule has 2 aliphatic rings. The number of nitrogens with one attached hydrogen (secondary N) is 1. The molecule has 0 aromatic carbocycles. The molecule has 1 saturated carbocycles. The lowest BCUT2D eigenvalue weighted by molar-refractivity contribution is -0.134. The van der Waals surface area contributed by atoms with Gasteiger partial charge in [-0.05, 0) is 57.5 Å². The van der Waals surface area contributed by atoms with Gasteiger partial charge in [0.1, 0.15) is 0 Å². The Hall–Kier alpha value is -0.610. The summed E-state index contributed by atoms with van der Waals surface area (Å²) in [7, 11) is 2.00. The minimum atomic E-state index is 0.300. The first-order valence-corrected chi connectivity index (χ1v) is 8.81. The van der Waals surface area contributed by atoms with Crippen LogP contribution in [0.5, 0.6) is 0 Å². The summed E-state index contributed by atoms with van der Waals surface area (Å²) < 4.78 is 0. The summed E-state index contributed by atoms with van der Waals surface area (Å²) in [5, 5.41) is 3.53. The van der Waals surface area contributed by atoms with E-state index in [0.717, 1.165) is 25.6 Å². The average Bonchev–Trinajstić information content (AvgIpc) is 2.99. The van der Waals surface area contributed by atoms with Crippen molar-refractivity contribution in [3.8, 4) is 0 Å². The monoisotopic (exact) mass is 295 g/mol. The molecule has 0 aromatic heterocycles. The van der Waals surface area contributed by atoms with Crippen molar-refractivity contribution < 1.29 is 4.79 Å². The van der Waals surface area contributed by atoms with Crippen molar-refractivity contribution in [2.75, 3.05) is 33.2 Å². The summed E-state index contributed by atoms with van der Waals surface area (Å²) in [5.41, 5.74) is 0. The molecule has 2 rings (SSSR count). The lowest BCUT2D eigenvalue weighted by Crippen LogP contribution is -2.47. The normalized spacial score (nSPS) is 29.8. The Balaban J connectivity index is 1.77. The van der Waals surface area contributed by atoms with Crippen molar-refractivity contribution >= 4 is 5.91 Å². The molecule has 4 nitrogen and oxygen atoms in total. The number of amides is 1. The quantitative estimate of drug-likeness (QED) is 0.815. The van der Waals surface area contributed by atoms with Gasteiger partial charge in [-0.2, -0.15) is 0 Å². The van der Waals surface area contributed by atoms with Gasteiger partial charge in [0.15, 0.2) is 0 Å². The van der Waals surface area contributed by atoms with Crippen LogP contribution in [0.1, 0.15) is 52.4 Å². The molecule has 1 amide bonds. The summed E-state index contributed by atoms with van der Waals surface area (Å²) in [6.45, 7) is 8.17. The van der Waals surface area contributed by atoms with Gasteiger partial charge in [-0.3, -0.25) is 9.69 Å². The number of hydrogen-bond donors (Lipinski definition) is 1. The number of carbonyl (C=O) groups excluding carboxylic acids is 1. The van der Waals surface area contributed by atoms with Crippen molar-refractivity contribution in [1.82, 2.24) is 15.1 Å². The van der Waals surface area contributed by atoms with Gasteiger partial charge in [-0.25, -0.2) is 0 Å². The highest BCUT2D eigenvalue weighted by Gasteiger charge is 2.26. The molecule has 0 aromatic rings. The molecule has 1 atom stereocenters. The summed E-state index contributed by atoms with van der Waals surface area (Å²) in [5.74, 6) is 1.14. The van der Waals surface area contributed by atoms with Crippen LogP contribution in [0.4, 0.5) is 0 Å². The second-order valence-corrected chi connectivity index (χ2v) is 7.04. The van der Waals surface area contributed by atoms with E-state index < -0.39 is 0 Å². The van der Waals surface area contributed by atoms with Crippen LogP contribution in [-0.4, -0.2) is 61.0 Å². The van der Waals surface area contributed by atoms with E-state index in [2.05, 4.69) is 24.1 Å². The van der Waals surface area contributed by atoms with E-state index in [4.69, 9.17) is 0 Å². The Labute approximate surface area is 130 Å². The fourth-order valence-electron chi connectivity index (χ4n) is 3.67. The summed E-state index contributed by atoms with van der Waals surface area (Å²) >= 11 is 0. The van der Waals surface area contributed by atoms with E-state index in [1.54, 1.807) is 0 Å². The number of likely N-dealkylation sites (N-methyl/N-ethyl adjacent to an activating group) is 2. The molecule has 1 heterocycles. The molecule has 4 heteroatoms. The van der Waals surface area contributed by atoms with Crippen molar-refractivity contribution in [2.45, 2.75) is 64.5 Å². The number of rotatable bonds is 6. The van der Waals surface area contributed by atoms with Gasteiger partial charge < -0.3 is 10.2 Å². The first-order valence-electron chi connectivity index (χ1n) is 8.81. The van der Waals surface area contributed by atoms with Crippen LogP contribution in [0, 0.1) is 5.92 Å². The Morgan fingerprint density at radius 2 is 1.90 bits per heavy atom. The average molecular weight is 295 g/mol. The highest BCUT2D eigenvalue weighted by atomic mass is 16.2. The van der Waals surface area contributed by atoms with Crippen molar-refractivity contribution in [3.05, 3.63) is 0 Å². The predicted octanol–water partition coefficient (Wildman–Crippen LogP) is 2.10. The lowest BCUT2D eigenvalue weighted by atomic mass is 9.87. The zero-order valence-corrected chi connectivity index (χ0v) is 14.1. The SMILES string of the molecule is CCN(CC(=O)N(C)C1CCC(C)CC1)CC1CCCN1. The molecule has 1 saturated heterocycles. The molecule has 1 unspecified atom stereocenters. The van der Waals surface area contributed by atoms with Crippen molar-refractivity contribution in [2.24, 2.45) is 5.92 Å². The van der Waals surface area contributed by atoms with Gasteiger partial charge in [0.2, 0.25) is 5.91 Å².